The second-order valence-corrected chi connectivity index (χ2v) is 21.9. The van der Waals surface area contributed by atoms with Gasteiger partial charge in [-0.2, -0.15) is 0 Å². The summed E-state index contributed by atoms with van der Waals surface area (Å²) in [6.07, 6.45) is -2.88. The first-order valence-corrected chi connectivity index (χ1v) is 26.4. The number of hydrazine groups is 1. The van der Waals surface area contributed by atoms with E-state index in [1.54, 1.807) is 47.0 Å². The Morgan fingerprint density at radius 3 is 2.36 bits per heavy atom. The Labute approximate surface area is 438 Å². The van der Waals surface area contributed by atoms with Crippen molar-refractivity contribution >= 4 is 24.3 Å². The minimum Gasteiger partial charge on any atom is -0.459 e. The molecule has 4 heterocycles. The molecular weight excluding hydrogens is 960 g/mol. The Hall–Kier alpha value is -3.18. The molecule has 17 atom stereocenters. The van der Waals surface area contributed by atoms with E-state index >= 15 is 0 Å². The number of cyclic esters (lactones) is 1. The fourth-order valence-corrected chi connectivity index (χ4v) is 10.7. The molecule has 19 heteroatoms. The summed E-state index contributed by atoms with van der Waals surface area (Å²) in [6.45, 7) is 19.2. The minimum atomic E-state index is -1.50. The van der Waals surface area contributed by atoms with Gasteiger partial charge in [-0.15, -0.1) is 0 Å². The van der Waals surface area contributed by atoms with Gasteiger partial charge in [-0.3, -0.25) is 9.79 Å². The van der Waals surface area contributed by atoms with Crippen LogP contribution >= 0.6 is 11.6 Å². The molecule has 0 unspecified atom stereocenters. The van der Waals surface area contributed by atoms with Gasteiger partial charge in [0.25, 0.3) is 0 Å². The van der Waals surface area contributed by atoms with Crippen molar-refractivity contribution < 1.29 is 58.7 Å². The molecule has 3 aliphatic heterocycles. The second kappa shape index (κ2) is 27.2. The van der Waals surface area contributed by atoms with Crippen LogP contribution in [0.2, 0.25) is 5.15 Å². The molecule has 0 saturated carbocycles. The van der Waals surface area contributed by atoms with Crippen LogP contribution in [0.1, 0.15) is 106 Å². The van der Waals surface area contributed by atoms with Crippen molar-refractivity contribution in [3.05, 3.63) is 65.2 Å². The summed E-state index contributed by atoms with van der Waals surface area (Å²) in [4.78, 5) is 26.8. The van der Waals surface area contributed by atoms with E-state index in [2.05, 4.69) is 21.6 Å². The molecule has 412 valence electrons. The molecule has 7 N–H and O–H groups in total. The van der Waals surface area contributed by atoms with Crippen LogP contribution in [0.3, 0.4) is 0 Å². The van der Waals surface area contributed by atoms with Gasteiger partial charge in [0.05, 0.1) is 66.0 Å². The van der Waals surface area contributed by atoms with E-state index in [0.717, 1.165) is 16.7 Å². The molecule has 3 fully saturated rings. The maximum atomic E-state index is 14.2. The Morgan fingerprint density at radius 1 is 1.03 bits per heavy atom. The number of nitrogens with two attached hydrogens (primary N) is 1. The molecule has 5 rings (SSSR count). The molecule has 0 aliphatic carbocycles. The summed E-state index contributed by atoms with van der Waals surface area (Å²) in [7, 11) is 5.40. The van der Waals surface area contributed by atoms with Crippen molar-refractivity contribution in [1.82, 2.24) is 19.8 Å². The highest BCUT2D eigenvalue weighted by Crippen LogP contribution is 2.38. The number of carbonyl (C=O) groups is 1. The molecule has 1 aromatic heterocycles. The molecule has 2 aromatic rings. The fourth-order valence-electron chi connectivity index (χ4n) is 10.6. The van der Waals surface area contributed by atoms with Gasteiger partial charge in [0.1, 0.15) is 23.5 Å². The Morgan fingerprint density at radius 2 is 1.73 bits per heavy atom. The van der Waals surface area contributed by atoms with E-state index in [9.17, 15) is 30.3 Å². The van der Waals surface area contributed by atoms with Crippen LogP contribution in [0.25, 0.3) is 11.1 Å². The second-order valence-electron chi connectivity index (χ2n) is 21.5. The monoisotopic (exact) mass is 1050 g/mol. The van der Waals surface area contributed by atoms with Gasteiger partial charge in [-0.1, -0.05) is 49.7 Å². The first-order valence-electron chi connectivity index (χ1n) is 26.0. The molecule has 73 heavy (non-hydrogen) atoms. The predicted molar refractivity (Wildman–Crippen MR) is 280 cm³/mol. The number of rotatable bonds is 17. The van der Waals surface area contributed by atoms with Gasteiger partial charge in [-0.05, 0) is 123 Å². The number of aliphatic hydroxyl groups is 5. The van der Waals surface area contributed by atoms with E-state index in [-0.39, 0.29) is 50.4 Å². The number of hydrogen-bond acceptors (Lipinski definition) is 18. The number of carbonyl (C=O) groups excluding carboxylic acids is 1. The van der Waals surface area contributed by atoms with Gasteiger partial charge in [0.15, 0.2) is 12.6 Å². The highest BCUT2D eigenvalue weighted by atomic mass is 35.5. The lowest BCUT2D eigenvalue weighted by Crippen LogP contribution is -2.57. The summed E-state index contributed by atoms with van der Waals surface area (Å²) in [5.74, 6) is 4.79. The number of ether oxygens (including phenoxy) is 6. The van der Waals surface area contributed by atoms with Crippen LogP contribution in [0.4, 0.5) is 0 Å². The summed E-state index contributed by atoms with van der Waals surface area (Å²) >= 11 is 6.11. The lowest BCUT2D eigenvalue weighted by molar-refractivity contribution is -0.299. The van der Waals surface area contributed by atoms with Gasteiger partial charge in [0, 0.05) is 70.4 Å². The summed E-state index contributed by atoms with van der Waals surface area (Å²) < 4.78 is 38.1. The number of nitrogens with zero attached hydrogens (tertiary/aromatic N) is 5. The highest BCUT2D eigenvalue weighted by Gasteiger charge is 2.49. The van der Waals surface area contributed by atoms with E-state index in [1.165, 1.54) is 12.1 Å². The van der Waals surface area contributed by atoms with Crippen LogP contribution in [-0.2, 0) is 39.6 Å². The smallest absolute Gasteiger partial charge is 0.311 e. The molecule has 18 nitrogen and oxygen atoms in total. The Bertz CT molecular complexity index is 2070. The third-order valence-corrected chi connectivity index (χ3v) is 15.8. The number of benzene rings is 1. The number of aliphatic imine (C=N–C) groups is 1. The largest absolute Gasteiger partial charge is 0.459 e. The molecule has 0 radical (unpaired) electrons. The molecular formula is C54H87ClN6O12. The highest BCUT2D eigenvalue weighted by molar-refractivity contribution is 6.29. The van der Waals surface area contributed by atoms with E-state index in [1.807, 2.05) is 76.2 Å². The molecule has 0 spiro atoms. The summed E-state index contributed by atoms with van der Waals surface area (Å²) in [6, 6.07) is 10.8. The van der Waals surface area contributed by atoms with Crippen molar-refractivity contribution in [2.75, 3.05) is 40.9 Å². The zero-order valence-corrected chi connectivity index (χ0v) is 45.8. The normalized spacial score (nSPS) is 36.2. The number of pyridine rings is 1. The maximum absolute atomic E-state index is 14.2. The lowest BCUT2D eigenvalue weighted by atomic mass is 9.83. The topological polar surface area (TPSA) is 235 Å². The number of methoxy groups -OCH3 is 1. The quantitative estimate of drug-likeness (QED) is 0.0398. The van der Waals surface area contributed by atoms with Gasteiger partial charge in [0.2, 0.25) is 0 Å². The number of aliphatic hydroxyl groups excluding tert-OH is 4. The van der Waals surface area contributed by atoms with Crippen LogP contribution < -0.4 is 5.84 Å². The SMILES string of the molecule is C=N/C(=C\N(N)[C@H](CO)Cc1ccc(-c2ccnc(Cl)c2)cc1)CCN(C)[C@@H]1C[C@H](O[C@@H]2C[C@H](O[C@H]3C[C@@](C)(OC)[C@@H](O)[C@H](C)O3)[C@@H](C)C(=O)O[C@H](CC)[C@@H](O)[C@H](O)[C@@H](C)N(C)C[C@H](C)C[C@@]2(C)O)O[C@H](C)C1. The molecule has 0 bridgehead atoms. The third-order valence-electron chi connectivity index (χ3n) is 15.6. The van der Waals surface area contributed by atoms with Gasteiger partial charge < -0.3 is 68.8 Å². The maximum Gasteiger partial charge on any atom is 0.311 e. The molecule has 3 saturated heterocycles. The average Bonchev–Trinajstić information content (AvgIpc) is 3.35. The van der Waals surface area contributed by atoms with E-state index in [4.69, 9.17) is 45.9 Å². The van der Waals surface area contributed by atoms with E-state index < -0.39 is 90.5 Å². The zero-order chi connectivity index (χ0) is 53.9. The minimum absolute atomic E-state index is 0.00791. The van der Waals surface area contributed by atoms with Crippen molar-refractivity contribution in [3.8, 4) is 11.1 Å². The standard InChI is InChI=1S/C54H87ClN6O12/c1-13-43-50(64)49(63)35(5)60(11)29-32(2)27-53(7,67)45(26-44(34(4)52(66)72-43)71-48-28-54(8,68-12)51(65)36(6)70-48)73-47-25-41(22-33(3)69-47)59(10)21-19-40(57-9)30-61(56)42(31-62)23-37-14-16-38(17-15-37)39-18-20-58-46(55)24-39/h14-18,20,24,30,32-36,41-45,47-51,62-65,67H,9,13,19,21-23,25-29,31,56H2,1-8,10-12H3/b40-30-/t32-,33-,34-,35-,36+,41+,42+,43-,44+,45-,47+,48+,49-,50-,51+,53-,54-/m1/s1. The van der Waals surface area contributed by atoms with Gasteiger partial charge >= 0.3 is 5.97 Å². The van der Waals surface area contributed by atoms with E-state index in [0.29, 0.717) is 49.6 Å². The average molecular weight is 1050 g/mol. The fraction of sp³-hybridized carbons (Fsp3) is 0.722. The summed E-state index contributed by atoms with van der Waals surface area (Å²) in [5.41, 5.74) is 1.07. The Balaban J connectivity index is 1.35. The number of esters is 1. The molecule has 1 aromatic carbocycles. The number of hydrogen-bond donors (Lipinski definition) is 6. The first kappa shape index (κ1) is 60.7. The van der Waals surface area contributed by atoms with Crippen molar-refractivity contribution in [2.24, 2.45) is 22.7 Å². The number of halogens is 1. The Kier molecular flexibility index (Phi) is 22.6. The van der Waals surface area contributed by atoms with Crippen LogP contribution in [0.15, 0.2) is 59.5 Å². The molecule has 3 aliphatic rings. The lowest BCUT2D eigenvalue weighted by Gasteiger charge is -2.46. The van der Waals surface area contributed by atoms with Crippen LogP contribution in [0, 0.1) is 11.8 Å². The van der Waals surface area contributed by atoms with Gasteiger partial charge in [-0.25, -0.2) is 10.8 Å². The van der Waals surface area contributed by atoms with Crippen molar-refractivity contribution in [1.29, 1.82) is 0 Å². The third kappa shape index (κ3) is 16.4. The predicted octanol–water partition coefficient (Wildman–Crippen LogP) is 5.09. The number of likely N-dealkylation sites (N-methyl/N-ethyl adjacent to an activating group) is 1. The summed E-state index contributed by atoms with van der Waals surface area (Å²) in [5, 5.41) is 58.8. The van der Waals surface area contributed by atoms with Crippen molar-refractivity contribution in [3.63, 3.8) is 0 Å². The van der Waals surface area contributed by atoms with Crippen LogP contribution in [0.5, 0.6) is 0 Å². The molecule has 0 amide bonds. The first-order chi connectivity index (χ1) is 34.4. The van der Waals surface area contributed by atoms with Crippen LogP contribution in [-0.4, -0.2) is 190 Å². The number of aromatic nitrogens is 1. The van der Waals surface area contributed by atoms with Crippen molar-refractivity contribution in [2.45, 2.75) is 197 Å². The zero-order valence-electron chi connectivity index (χ0n) is 45.0.